The fourth-order valence-corrected chi connectivity index (χ4v) is 2.42. The number of nitrogens with one attached hydrogen (secondary N) is 1. The van der Waals surface area contributed by atoms with Crippen molar-refractivity contribution >= 4 is 11.5 Å². The number of benzene rings is 1. The average Bonchev–Trinajstić information content (AvgIpc) is 2.61. The Bertz CT molecular complexity index is 438. The number of nitrogens with zero attached hydrogens (tertiary/aromatic N) is 2. The summed E-state index contributed by atoms with van der Waals surface area (Å²) in [4.78, 5) is 4.76. The van der Waals surface area contributed by atoms with Gasteiger partial charge in [0, 0.05) is 19.5 Å². The zero-order valence-corrected chi connectivity index (χ0v) is 10.6. The van der Waals surface area contributed by atoms with Crippen LogP contribution in [0.1, 0.15) is 18.4 Å². The summed E-state index contributed by atoms with van der Waals surface area (Å²) in [7, 11) is 0. The summed E-state index contributed by atoms with van der Waals surface area (Å²) in [6.45, 7) is 3.47. The number of aliphatic imine (C=N–C) groups is 1. The molecule has 1 fully saturated rings. The zero-order valence-electron chi connectivity index (χ0n) is 10.6. The van der Waals surface area contributed by atoms with Crippen LogP contribution >= 0.6 is 0 Å². The minimum atomic E-state index is 0.802. The predicted molar refractivity (Wildman–Crippen MR) is 72.0 cm³/mol. The number of fused-ring (bicyclic) bond motifs is 1. The fraction of sp³-hybridized carbons (Fsp3) is 0.500. The van der Waals surface area contributed by atoms with Crippen LogP contribution in [0, 0.1) is 0 Å². The predicted octanol–water partition coefficient (Wildman–Crippen LogP) is 1.89. The molecule has 0 unspecified atom stereocenters. The van der Waals surface area contributed by atoms with Crippen LogP contribution in [0.3, 0.4) is 0 Å². The Kier molecular flexibility index (Phi) is 3.57. The van der Waals surface area contributed by atoms with Gasteiger partial charge in [-0.1, -0.05) is 18.2 Å². The summed E-state index contributed by atoms with van der Waals surface area (Å²) in [5.41, 5.74) is 5.92. The molecule has 1 saturated heterocycles. The lowest BCUT2D eigenvalue weighted by Gasteiger charge is -2.28. The van der Waals surface area contributed by atoms with Crippen molar-refractivity contribution in [1.29, 1.82) is 0 Å². The molecule has 0 spiro atoms. The Morgan fingerprint density at radius 3 is 2.83 bits per heavy atom. The van der Waals surface area contributed by atoms with Gasteiger partial charge in [0.25, 0.3) is 0 Å². The molecule has 1 N–H and O–H groups in total. The number of hydrazine groups is 1. The summed E-state index contributed by atoms with van der Waals surface area (Å²) in [6.07, 6.45) is 3.30. The molecule has 0 aromatic heterocycles. The maximum absolute atomic E-state index is 5.35. The molecule has 1 aromatic rings. The molecule has 0 bridgehead atoms. The van der Waals surface area contributed by atoms with E-state index >= 15 is 0 Å². The highest BCUT2D eigenvalue weighted by molar-refractivity contribution is 5.85. The lowest BCUT2D eigenvalue weighted by atomic mass is 10.1. The van der Waals surface area contributed by atoms with Crippen molar-refractivity contribution in [3.8, 4) is 0 Å². The molecule has 0 atom stereocenters. The first kappa shape index (κ1) is 11.7. The first-order chi connectivity index (χ1) is 8.92. The van der Waals surface area contributed by atoms with Gasteiger partial charge < -0.3 is 10.2 Å². The van der Waals surface area contributed by atoms with Crippen molar-refractivity contribution < 1.29 is 4.74 Å². The minimum Gasteiger partial charge on any atom is -0.379 e. The van der Waals surface area contributed by atoms with Gasteiger partial charge in [-0.25, -0.2) is 10.0 Å². The second-order valence-electron chi connectivity index (χ2n) is 4.75. The van der Waals surface area contributed by atoms with Gasteiger partial charge in [-0.2, -0.15) is 0 Å². The number of para-hydroxylation sites is 1. The second-order valence-corrected chi connectivity index (χ2v) is 4.75. The Hall–Kier alpha value is -1.39. The monoisotopic (exact) mass is 245 g/mol. The largest absolute Gasteiger partial charge is 0.379 e. The van der Waals surface area contributed by atoms with Crippen molar-refractivity contribution in [3.63, 3.8) is 0 Å². The van der Waals surface area contributed by atoms with Crippen LogP contribution in [0.4, 0.5) is 5.69 Å². The van der Waals surface area contributed by atoms with Crippen LogP contribution < -0.4 is 5.43 Å². The van der Waals surface area contributed by atoms with E-state index in [1.165, 1.54) is 5.56 Å². The molecule has 18 heavy (non-hydrogen) atoms. The fourth-order valence-electron chi connectivity index (χ4n) is 2.42. The highest BCUT2D eigenvalue weighted by atomic mass is 16.5. The molecule has 1 aromatic carbocycles. The summed E-state index contributed by atoms with van der Waals surface area (Å²) in [5.74, 6) is 1.09. The topological polar surface area (TPSA) is 36.9 Å². The molecule has 3 rings (SSSR count). The molecule has 2 heterocycles. The molecule has 2 aliphatic rings. The molecular weight excluding hydrogens is 226 g/mol. The van der Waals surface area contributed by atoms with Crippen LogP contribution in [0.5, 0.6) is 0 Å². The maximum Gasteiger partial charge on any atom is 0.117 e. The lowest BCUT2D eigenvalue weighted by Crippen LogP contribution is -2.48. The smallest absolute Gasteiger partial charge is 0.117 e. The lowest BCUT2D eigenvalue weighted by molar-refractivity contribution is 0.0245. The van der Waals surface area contributed by atoms with E-state index in [0.717, 1.165) is 57.1 Å². The van der Waals surface area contributed by atoms with Crippen molar-refractivity contribution in [3.05, 3.63) is 29.8 Å². The third-order valence-electron chi connectivity index (χ3n) is 3.40. The third kappa shape index (κ3) is 2.71. The molecule has 2 aliphatic heterocycles. The van der Waals surface area contributed by atoms with E-state index < -0.39 is 0 Å². The van der Waals surface area contributed by atoms with Crippen LogP contribution in [0.25, 0.3) is 0 Å². The van der Waals surface area contributed by atoms with Crippen molar-refractivity contribution in [2.24, 2.45) is 4.99 Å². The molecule has 0 saturated carbocycles. The number of morpholine rings is 1. The van der Waals surface area contributed by atoms with Crippen molar-refractivity contribution in [2.45, 2.75) is 19.3 Å². The van der Waals surface area contributed by atoms with Gasteiger partial charge in [-0.15, -0.1) is 0 Å². The summed E-state index contributed by atoms with van der Waals surface area (Å²) in [5, 5.41) is 2.20. The van der Waals surface area contributed by atoms with Gasteiger partial charge in [0.2, 0.25) is 0 Å². The van der Waals surface area contributed by atoms with E-state index in [1.54, 1.807) is 0 Å². The standard InChI is InChI=1S/C14H19N3O/c1-2-6-13-12(4-1)5-3-7-14(15-13)16-17-8-10-18-11-9-17/h1-2,4,6H,3,5,7-11H2,(H,15,16). The molecule has 0 amide bonds. The van der Waals surface area contributed by atoms with Crippen LogP contribution in [-0.2, 0) is 11.2 Å². The van der Waals surface area contributed by atoms with Gasteiger partial charge >= 0.3 is 0 Å². The van der Waals surface area contributed by atoms with Gasteiger partial charge in [0.15, 0.2) is 0 Å². The van der Waals surface area contributed by atoms with Crippen LogP contribution in [0.2, 0.25) is 0 Å². The normalized spacial score (nSPS) is 20.8. The van der Waals surface area contributed by atoms with Crippen LogP contribution in [-0.4, -0.2) is 37.1 Å². The number of hydrogen-bond donors (Lipinski definition) is 1. The Balaban J connectivity index is 1.74. The highest BCUT2D eigenvalue weighted by Crippen LogP contribution is 2.24. The molecule has 4 heteroatoms. The number of aryl methyl sites for hydroxylation is 1. The van der Waals surface area contributed by atoms with E-state index in [9.17, 15) is 0 Å². The molecular formula is C14H19N3O. The SMILES string of the molecule is c1ccc2c(c1)CCCC(NN1CCOCC1)=N2. The van der Waals surface area contributed by atoms with Gasteiger partial charge in [0.1, 0.15) is 5.84 Å². The third-order valence-corrected chi connectivity index (χ3v) is 3.40. The van der Waals surface area contributed by atoms with E-state index in [4.69, 9.17) is 9.73 Å². The average molecular weight is 245 g/mol. The maximum atomic E-state index is 5.35. The Labute approximate surface area is 108 Å². The minimum absolute atomic E-state index is 0.802. The van der Waals surface area contributed by atoms with Gasteiger partial charge in [0.05, 0.1) is 18.9 Å². The zero-order chi connectivity index (χ0) is 12.2. The number of hydrogen-bond acceptors (Lipinski definition) is 4. The quantitative estimate of drug-likeness (QED) is 0.821. The first-order valence-electron chi connectivity index (χ1n) is 6.67. The number of ether oxygens (including phenoxy) is 1. The number of rotatable bonds is 1. The van der Waals surface area contributed by atoms with Gasteiger partial charge in [-0.3, -0.25) is 0 Å². The van der Waals surface area contributed by atoms with Crippen molar-refractivity contribution in [1.82, 2.24) is 10.4 Å². The highest BCUT2D eigenvalue weighted by Gasteiger charge is 2.14. The van der Waals surface area contributed by atoms with Crippen LogP contribution in [0.15, 0.2) is 29.3 Å². The summed E-state index contributed by atoms with van der Waals surface area (Å²) < 4.78 is 5.35. The van der Waals surface area contributed by atoms with Crippen molar-refractivity contribution in [2.75, 3.05) is 26.3 Å². The van der Waals surface area contributed by atoms with E-state index in [2.05, 4.69) is 34.7 Å². The van der Waals surface area contributed by atoms with E-state index in [1.807, 2.05) is 0 Å². The molecule has 4 nitrogen and oxygen atoms in total. The Morgan fingerprint density at radius 1 is 1.11 bits per heavy atom. The van der Waals surface area contributed by atoms with Gasteiger partial charge in [-0.05, 0) is 24.5 Å². The first-order valence-corrected chi connectivity index (χ1v) is 6.67. The van der Waals surface area contributed by atoms with E-state index in [0.29, 0.717) is 0 Å². The number of amidine groups is 1. The summed E-state index contributed by atoms with van der Waals surface area (Å²) in [6, 6.07) is 8.42. The molecule has 0 aliphatic carbocycles. The second kappa shape index (κ2) is 5.50. The molecule has 96 valence electrons. The van der Waals surface area contributed by atoms with E-state index in [-0.39, 0.29) is 0 Å². The Morgan fingerprint density at radius 2 is 1.94 bits per heavy atom. The molecule has 0 radical (unpaired) electrons. The summed E-state index contributed by atoms with van der Waals surface area (Å²) >= 11 is 0.